The van der Waals surface area contributed by atoms with Gasteiger partial charge in [0.05, 0.1) is 11.9 Å². The molecule has 0 spiro atoms. The van der Waals surface area contributed by atoms with E-state index in [4.69, 9.17) is 4.74 Å². The number of aromatic nitrogens is 3. The molecule has 1 atom stereocenters. The molecule has 25 heavy (non-hydrogen) atoms. The lowest BCUT2D eigenvalue weighted by molar-refractivity contribution is -0.122. The van der Waals surface area contributed by atoms with Crippen LogP contribution in [0.2, 0.25) is 0 Å². The Labute approximate surface area is 146 Å². The quantitative estimate of drug-likeness (QED) is 0.749. The zero-order chi connectivity index (χ0) is 17.6. The largest absolute Gasteiger partial charge is 0.481 e. The molecule has 0 bridgehead atoms. The van der Waals surface area contributed by atoms with Crippen molar-refractivity contribution in [3.63, 3.8) is 0 Å². The summed E-state index contributed by atoms with van der Waals surface area (Å²) in [6.07, 6.45) is 6.79. The van der Waals surface area contributed by atoms with E-state index in [9.17, 15) is 4.79 Å². The lowest BCUT2D eigenvalue weighted by Crippen LogP contribution is -2.32. The van der Waals surface area contributed by atoms with Gasteiger partial charge in [-0.3, -0.25) is 9.36 Å². The lowest BCUT2D eigenvalue weighted by Gasteiger charge is -2.17. The molecule has 0 aliphatic heterocycles. The molecule has 0 saturated heterocycles. The summed E-state index contributed by atoms with van der Waals surface area (Å²) in [6.45, 7) is 3.90. The van der Waals surface area contributed by atoms with Crippen LogP contribution in [0.4, 0.5) is 5.69 Å². The van der Waals surface area contributed by atoms with Crippen LogP contribution in [0, 0.1) is 6.92 Å². The zero-order valence-electron chi connectivity index (χ0n) is 14.2. The first kappa shape index (κ1) is 16.7. The molecule has 3 aromatic rings. The minimum Gasteiger partial charge on any atom is -0.481 e. The van der Waals surface area contributed by atoms with Gasteiger partial charge in [-0.2, -0.15) is 0 Å². The second-order valence-corrected chi connectivity index (χ2v) is 5.70. The number of rotatable bonds is 6. The number of carbonyl (C=O) groups excluding carboxylic acids is 1. The number of pyridine rings is 1. The maximum Gasteiger partial charge on any atom is 0.265 e. The smallest absolute Gasteiger partial charge is 0.265 e. The fraction of sp³-hybridized carbons (Fsp3) is 0.211. The van der Waals surface area contributed by atoms with Crippen molar-refractivity contribution in [2.75, 3.05) is 5.32 Å². The number of carbonyl (C=O) groups is 1. The summed E-state index contributed by atoms with van der Waals surface area (Å²) in [4.78, 5) is 20.8. The number of aryl methyl sites for hydroxylation is 1. The van der Waals surface area contributed by atoms with E-state index in [2.05, 4.69) is 15.3 Å². The average Bonchev–Trinajstić information content (AvgIpc) is 3.15. The standard InChI is InChI=1S/C19H20N4O2/c1-3-17(25-16-6-4-5-14(2)11-16)19(24)22-15-7-8-18(21-12-15)23-10-9-20-13-23/h4-13,17H,3H2,1-2H3,(H,22,24). The van der Waals surface area contributed by atoms with Gasteiger partial charge in [-0.05, 0) is 43.2 Å². The van der Waals surface area contributed by atoms with Gasteiger partial charge in [0.25, 0.3) is 5.91 Å². The molecule has 1 aromatic carbocycles. The molecule has 6 nitrogen and oxygen atoms in total. The normalized spacial score (nSPS) is 11.8. The van der Waals surface area contributed by atoms with Crippen LogP contribution >= 0.6 is 0 Å². The van der Waals surface area contributed by atoms with Crippen molar-refractivity contribution in [1.29, 1.82) is 0 Å². The molecule has 128 valence electrons. The van der Waals surface area contributed by atoms with Gasteiger partial charge in [-0.15, -0.1) is 0 Å². The van der Waals surface area contributed by atoms with Gasteiger partial charge in [0.1, 0.15) is 17.9 Å². The molecule has 0 saturated carbocycles. The maximum atomic E-state index is 12.5. The molecule has 0 fully saturated rings. The Balaban J connectivity index is 1.65. The van der Waals surface area contributed by atoms with Crippen LogP contribution in [0.15, 0.2) is 61.3 Å². The fourth-order valence-corrected chi connectivity index (χ4v) is 2.41. The van der Waals surface area contributed by atoms with Crippen LogP contribution in [0.3, 0.4) is 0 Å². The summed E-state index contributed by atoms with van der Waals surface area (Å²) in [5, 5.41) is 2.85. The van der Waals surface area contributed by atoms with Crippen molar-refractivity contribution in [3.8, 4) is 11.6 Å². The summed E-state index contributed by atoms with van der Waals surface area (Å²) in [7, 11) is 0. The van der Waals surface area contributed by atoms with Crippen LogP contribution in [0.25, 0.3) is 5.82 Å². The number of nitrogens with zero attached hydrogens (tertiary/aromatic N) is 3. The number of anilines is 1. The summed E-state index contributed by atoms with van der Waals surface area (Å²) in [5.41, 5.74) is 1.72. The predicted molar refractivity (Wildman–Crippen MR) is 95.9 cm³/mol. The molecule has 0 aliphatic rings. The van der Waals surface area contributed by atoms with Crippen molar-refractivity contribution < 1.29 is 9.53 Å². The Morgan fingerprint density at radius 2 is 2.20 bits per heavy atom. The minimum atomic E-state index is -0.560. The molecule has 2 aromatic heterocycles. The van der Waals surface area contributed by atoms with E-state index < -0.39 is 6.10 Å². The molecular formula is C19H20N4O2. The molecular weight excluding hydrogens is 316 g/mol. The highest BCUT2D eigenvalue weighted by atomic mass is 16.5. The topological polar surface area (TPSA) is 69.0 Å². The average molecular weight is 336 g/mol. The highest BCUT2D eigenvalue weighted by molar-refractivity contribution is 5.94. The van der Waals surface area contributed by atoms with Gasteiger partial charge >= 0.3 is 0 Å². The summed E-state index contributed by atoms with van der Waals surface area (Å²) < 4.78 is 7.61. The highest BCUT2D eigenvalue weighted by Gasteiger charge is 2.18. The molecule has 1 unspecified atom stereocenters. The van der Waals surface area contributed by atoms with Gasteiger partial charge in [-0.1, -0.05) is 19.1 Å². The van der Waals surface area contributed by atoms with Gasteiger partial charge in [0.2, 0.25) is 0 Å². The summed E-state index contributed by atoms with van der Waals surface area (Å²) in [6, 6.07) is 11.3. The number of hydrogen-bond donors (Lipinski definition) is 1. The van der Waals surface area contributed by atoms with E-state index in [1.54, 1.807) is 29.4 Å². The highest BCUT2D eigenvalue weighted by Crippen LogP contribution is 2.17. The first-order valence-electron chi connectivity index (χ1n) is 8.14. The van der Waals surface area contributed by atoms with E-state index in [0.29, 0.717) is 17.9 Å². The van der Waals surface area contributed by atoms with Crippen molar-refractivity contribution in [2.45, 2.75) is 26.4 Å². The number of benzene rings is 1. The first-order valence-corrected chi connectivity index (χ1v) is 8.14. The summed E-state index contributed by atoms with van der Waals surface area (Å²) in [5.74, 6) is 1.23. The molecule has 1 N–H and O–H groups in total. The van der Waals surface area contributed by atoms with Gasteiger partial charge in [0.15, 0.2) is 6.10 Å². The summed E-state index contributed by atoms with van der Waals surface area (Å²) >= 11 is 0. The number of imidazole rings is 1. The third kappa shape index (κ3) is 4.23. The molecule has 6 heteroatoms. The third-order valence-electron chi connectivity index (χ3n) is 3.72. The van der Waals surface area contributed by atoms with Gasteiger partial charge in [-0.25, -0.2) is 9.97 Å². The Morgan fingerprint density at radius 1 is 1.32 bits per heavy atom. The number of ether oxygens (including phenoxy) is 1. The van der Waals surface area contributed by atoms with Crippen molar-refractivity contribution in [3.05, 3.63) is 66.9 Å². The Morgan fingerprint density at radius 3 is 2.84 bits per heavy atom. The number of amides is 1. The van der Waals surface area contributed by atoms with E-state index in [1.165, 1.54) is 0 Å². The first-order chi connectivity index (χ1) is 12.2. The van der Waals surface area contributed by atoms with E-state index >= 15 is 0 Å². The van der Waals surface area contributed by atoms with E-state index in [1.807, 2.05) is 50.4 Å². The van der Waals surface area contributed by atoms with Crippen molar-refractivity contribution in [2.24, 2.45) is 0 Å². The van der Waals surface area contributed by atoms with Gasteiger partial charge in [0, 0.05) is 12.4 Å². The SMILES string of the molecule is CCC(Oc1cccc(C)c1)C(=O)Nc1ccc(-n2ccnc2)nc1. The second-order valence-electron chi connectivity index (χ2n) is 5.70. The van der Waals surface area contributed by atoms with E-state index in [-0.39, 0.29) is 5.91 Å². The molecule has 3 rings (SSSR count). The van der Waals surface area contributed by atoms with Crippen LogP contribution in [-0.4, -0.2) is 26.5 Å². The minimum absolute atomic E-state index is 0.193. The molecule has 2 heterocycles. The van der Waals surface area contributed by atoms with Crippen LogP contribution < -0.4 is 10.1 Å². The Hall–Kier alpha value is -3.15. The van der Waals surface area contributed by atoms with Crippen molar-refractivity contribution in [1.82, 2.24) is 14.5 Å². The third-order valence-corrected chi connectivity index (χ3v) is 3.72. The Kier molecular flexibility index (Phi) is 5.09. The second kappa shape index (κ2) is 7.61. The molecule has 1 amide bonds. The van der Waals surface area contributed by atoms with Gasteiger partial charge < -0.3 is 10.1 Å². The maximum absolute atomic E-state index is 12.5. The fourth-order valence-electron chi connectivity index (χ4n) is 2.41. The van der Waals surface area contributed by atoms with Crippen LogP contribution in [0.5, 0.6) is 5.75 Å². The number of hydrogen-bond acceptors (Lipinski definition) is 4. The zero-order valence-corrected chi connectivity index (χ0v) is 14.2. The monoisotopic (exact) mass is 336 g/mol. The van der Waals surface area contributed by atoms with Crippen LogP contribution in [0.1, 0.15) is 18.9 Å². The Bertz CT molecular complexity index is 829. The lowest BCUT2D eigenvalue weighted by atomic mass is 10.2. The predicted octanol–water partition coefficient (Wildman–Crippen LogP) is 3.37. The molecule has 0 radical (unpaired) electrons. The molecule has 0 aliphatic carbocycles. The van der Waals surface area contributed by atoms with Crippen molar-refractivity contribution >= 4 is 11.6 Å². The number of nitrogens with one attached hydrogen (secondary N) is 1. The van der Waals surface area contributed by atoms with Crippen LogP contribution in [-0.2, 0) is 4.79 Å². The van der Waals surface area contributed by atoms with E-state index in [0.717, 1.165) is 11.4 Å².